The van der Waals surface area contributed by atoms with Gasteiger partial charge in [-0.2, -0.15) is 0 Å². The fraction of sp³-hybridized carbons (Fsp3) is 0.294. The zero-order valence-corrected chi connectivity index (χ0v) is 16.8. The number of amides is 1. The Balaban J connectivity index is 0.00000312. The monoisotopic (exact) mass is 458 g/mol. The van der Waals surface area contributed by atoms with Gasteiger partial charge in [0, 0.05) is 26.2 Å². The number of nitrogens with one attached hydrogen (secondary N) is 1. The number of para-hydroxylation sites is 1. The Kier molecular flexibility index (Phi) is 8.26. The molecule has 1 aromatic heterocycles. The van der Waals surface area contributed by atoms with Gasteiger partial charge in [-0.1, -0.05) is 18.2 Å². The largest absolute Gasteiger partial charge is 0.496 e. The van der Waals surface area contributed by atoms with Gasteiger partial charge >= 0.3 is 0 Å². The summed E-state index contributed by atoms with van der Waals surface area (Å²) in [5, 5.41) is 3.18. The van der Waals surface area contributed by atoms with Crippen molar-refractivity contribution in [2.45, 2.75) is 13.1 Å². The van der Waals surface area contributed by atoms with Gasteiger partial charge in [0.1, 0.15) is 11.5 Å². The van der Waals surface area contributed by atoms with Crippen LogP contribution in [0.2, 0.25) is 0 Å². The van der Waals surface area contributed by atoms with Crippen LogP contribution in [0.3, 0.4) is 0 Å². The quantitative estimate of drug-likeness (QED) is 0.394. The average molecular weight is 458 g/mol. The highest BCUT2D eigenvalue weighted by Gasteiger charge is 2.11. The molecule has 2 rings (SSSR count). The Morgan fingerprint density at radius 1 is 1.32 bits per heavy atom. The topological polar surface area (TPSA) is 93.1 Å². The van der Waals surface area contributed by atoms with Crippen LogP contribution in [-0.4, -0.2) is 38.0 Å². The molecule has 0 aliphatic carbocycles. The maximum absolute atomic E-state index is 11.0. The molecule has 25 heavy (non-hydrogen) atoms. The number of halogens is 1. The Morgan fingerprint density at radius 2 is 2.04 bits per heavy atom. The van der Waals surface area contributed by atoms with E-state index in [0.717, 1.165) is 11.3 Å². The van der Waals surface area contributed by atoms with E-state index in [1.807, 2.05) is 36.2 Å². The van der Waals surface area contributed by atoms with Crippen LogP contribution in [0.25, 0.3) is 0 Å². The van der Waals surface area contributed by atoms with Gasteiger partial charge in [-0.15, -0.1) is 24.0 Å². The predicted molar refractivity (Wildman–Crippen MR) is 107 cm³/mol. The van der Waals surface area contributed by atoms with Crippen LogP contribution in [0, 0.1) is 0 Å². The van der Waals surface area contributed by atoms with Crippen molar-refractivity contribution in [2.75, 3.05) is 21.2 Å². The molecule has 1 aromatic carbocycles. The van der Waals surface area contributed by atoms with Crippen LogP contribution >= 0.6 is 24.0 Å². The first kappa shape index (κ1) is 20.8. The highest BCUT2D eigenvalue weighted by Crippen LogP contribution is 2.18. The van der Waals surface area contributed by atoms with Crippen LogP contribution in [-0.2, 0) is 13.1 Å². The molecule has 3 N–H and O–H groups in total. The number of carbonyl (C=O) groups excluding carboxylic acids is 1. The van der Waals surface area contributed by atoms with Gasteiger partial charge in [-0.05, 0) is 18.2 Å². The number of methoxy groups -OCH3 is 1. The number of rotatable bonds is 6. The number of nitrogens with two attached hydrogens (primary N) is 1. The van der Waals surface area contributed by atoms with E-state index in [-0.39, 0.29) is 29.7 Å². The molecule has 0 aliphatic heterocycles. The summed E-state index contributed by atoms with van der Waals surface area (Å²) in [5.41, 5.74) is 6.23. The molecular formula is C17H23IN4O3. The van der Waals surface area contributed by atoms with Crippen molar-refractivity contribution in [2.24, 2.45) is 10.7 Å². The summed E-state index contributed by atoms with van der Waals surface area (Å²) in [4.78, 5) is 17.3. The van der Waals surface area contributed by atoms with Crippen LogP contribution in [0.1, 0.15) is 21.9 Å². The Hall–Kier alpha value is -2.23. The number of hydrogen-bond acceptors (Lipinski definition) is 4. The van der Waals surface area contributed by atoms with E-state index < -0.39 is 5.91 Å². The lowest BCUT2D eigenvalue weighted by Gasteiger charge is -2.22. The first-order valence-electron chi connectivity index (χ1n) is 7.47. The van der Waals surface area contributed by atoms with Gasteiger partial charge in [0.15, 0.2) is 11.7 Å². The maximum Gasteiger partial charge on any atom is 0.284 e. The number of ether oxygens (including phenoxy) is 1. The lowest BCUT2D eigenvalue weighted by Crippen LogP contribution is -2.38. The molecule has 136 valence electrons. The Bertz CT molecular complexity index is 730. The Morgan fingerprint density at radius 3 is 2.64 bits per heavy atom. The third-order valence-electron chi connectivity index (χ3n) is 3.50. The number of furan rings is 1. The van der Waals surface area contributed by atoms with E-state index in [9.17, 15) is 4.79 Å². The molecule has 2 aromatic rings. The number of benzene rings is 1. The lowest BCUT2D eigenvalue weighted by molar-refractivity contribution is 0.0972. The molecule has 0 radical (unpaired) electrons. The molecule has 0 fully saturated rings. The zero-order valence-electron chi connectivity index (χ0n) is 14.5. The fourth-order valence-corrected chi connectivity index (χ4v) is 2.32. The minimum absolute atomic E-state index is 0. The van der Waals surface area contributed by atoms with Gasteiger partial charge in [0.05, 0.1) is 13.7 Å². The second-order valence-corrected chi connectivity index (χ2v) is 5.20. The number of hydrogen-bond donors (Lipinski definition) is 2. The lowest BCUT2D eigenvalue weighted by atomic mass is 10.2. The second kappa shape index (κ2) is 9.92. The second-order valence-electron chi connectivity index (χ2n) is 5.20. The fourth-order valence-electron chi connectivity index (χ4n) is 2.32. The first-order valence-corrected chi connectivity index (χ1v) is 7.47. The summed E-state index contributed by atoms with van der Waals surface area (Å²) in [7, 11) is 5.29. The number of aliphatic imine (C=N–C) groups is 1. The van der Waals surface area contributed by atoms with Crippen LogP contribution in [0.5, 0.6) is 5.75 Å². The van der Waals surface area contributed by atoms with Crippen LogP contribution in [0.4, 0.5) is 0 Å². The Labute approximate surface area is 164 Å². The first-order chi connectivity index (χ1) is 11.5. The molecule has 0 spiro atoms. The molecule has 0 atom stereocenters. The molecule has 1 heterocycles. The SMILES string of the molecule is CN=C(NCc1ccc(C(N)=O)o1)N(C)Cc1ccccc1OC.I. The molecule has 7 nitrogen and oxygen atoms in total. The standard InChI is InChI=1S/C17H22N4O3.HI/c1-19-17(20-10-13-8-9-15(24-13)16(18)22)21(2)11-12-6-4-5-7-14(12)23-3;/h4-9H,10-11H2,1-3H3,(H2,18,22)(H,19,20);1H. The third kappa shape index (κ3) is 5.66. The van der Waals surface area contributed by atoms with E-state index in [1.165, 1.54) is 0 Å². The summed E-state index contributed by atoms with van der Waals surface area (Å²) in [5.74, 6) is 1.69. The van der Waals surface area contributed by atoms with Crippen molar-refractivity contribution in [1.82, 2.24) is 10.2 Å². The normalized spacial score (nSPS) is 10.8. The van der Waals surface area contributed by atoms with Gasteiger partial charge in [0.2, 0.25) is 0 Å². The number of guanidine groups is 1. The molecule has 8 heteroatoms. The number of nitrogens with zero attached hydrogens (tertiary/aromatic N) is 2. The van der Waals surface area contributed by atoms with Crippen LogP contribution in [0.15, 0.2) is 45.8 Å². The van der Waals surface area contributed by atoms with E-state index in [1.54, 1.807) is 26.3 Å². The number of primary amides is 1. The molecule has 1 amide bonds. The molecule has 0 saturated carbocycles. The van der Waals surface area contributed by atoms with Gasteiger partial charge in [-0.3, -0.25) is 9.79 Å². The van der Waals surface area contributed by atoms with Crippen molar-refractivity contribution in [3.05, 3.63) is 53.5 Å². The molecule has 0 aliphatic rings. The van der Waals surface area contributed by atoms with Crippen molar-refractivity contribution in [3.8, 4) is 5.75 Å². The van der Waals surface area contributed by atoms with E-state index in [2.05, 4.69) is 10.3 Å². The number of carbonyl (C=O) groups is 1. The highest BCUT2D eigenvalue weighted by atomic mass is 127. The minimum Gasteiger partial charge on any atom is -0.496 e. The van der Waals surface area contributed by atoms with Crippen molar-refractivity contribution in [3.63, 3.8) is 0 Å². The summed E-state index contributed by atoms with van der Waals surface area (Å²) >= 11 is 0. The van der Waals surface area contributed by atoms with Crippen molar-refractivity contribution >= 4 is 35.8 Å². The van der Waals surface area contributed by atoms with Crippen LogP contribution < -0.4 is 15.8 Å². The predicted octanol–water partition coefficient (Wildman–Crippen LogP) is 2.21. The highest BCUT2D eigenvalue weighted by molar-refractivity contribution is 14.0. The summed E-state index contributed by atoms with van der Waals surface area (Å²) in [6.07, 6.45) is 0. The minimum atomic E-state index is -0.584. The summed E-state index contributed by atoms with van der Waals surface area (Å²) in [6, 6.07) is 11.1. The summed E-state index contributed by atoms with van der Waals surface area (Å²) < 4.78 is 10.7. The van der Waals surface area contributed by atoms with Gasteiger partial charge in [0.25, 0.3) is 5.91 Å². The molecule has 0 unspecified atom stereocenters. The van der Waals surface area contributed by atoms with E-state index in [0.29, 0.717) is 24.8 Å². The smallest absolute Gasteiger partial charge is 0.284 e. The van der Waals surface area contributed by atoms with E-state index in [4.69, 9.17) is 14.9 Å². The third-order valence-corrected chi connectivity index (χ3v) is 3.50. The molecule has 0 bridgehead atoms. The van der Waals surface area contributed by atoms with Crippen molar-refractivity contribution < 1.29 is 13.9 Å². The van der Waals surface area contributed by atoms with Gasteiger partial charge < -0.3 is 25.1 Å². The molecule has 0 saturated heterocycles. The summed E-state index contributed by atoms with van der Waals surface area (Å²) in [6.45, 7) is 1.03. The molecular weight excluding hydrogens is 435 g/mol. The zero-order chi connectivity index (χ0) is 17.5. The maximum atomic E-state index is 11.0. The average Bonchev–Trinajstić information content (AvgIpc) is 3.05. The van der Waals surface area contributed by atoms with E-state index >= 15 is 0 Å². The van der Waals surface area contributed by atoms with Gasteiger partial charge in [-0.25, -0.2) is 0 Å². The van der Waals surface area contributed by atoms with Crippen molar-refractivity contribution in [1.29, 1.82) is 0 Å².